The van der Waals surface area contributed by atoms with E-state index < -0.39 is 25.3 Å². The van der Waals surface area contributed by atoms with Crippen LogP contribution < -0.4 is 20.9 Å². The van der Waals surface area contributed by atoms with Crippen LogP contribution in [0, 0.1) is 5.92 Å². The van der Waals surface area contributed by atoms with Gasteiger partial charge in [-0.1, -0.05) is 30.4 Å². The summed E-state index contributed by atoms with van der Waals surface area (Å²) in [5.74, 6) is -0.389. The van der Waals surface area contributed by atoms with E-state index in [1.165, 1.54) is 20.4 Å². The topological polar surface area (TPSA) is 163 Å². The van der Waals surface area contributed by atoms with Crippen molar-refractivity contribution in [3.05, 3.63) is 59.2 Å². The standard InChI is InChI=1S/C21H25N6O6P/c1-13(20(29)31-2)26-34(30,33-16-6-4-3-5-7-16)32-11-14-8-9-15(10-14)27-12-23-17-18(27)24-21(22)25-19(17)28/h3-9,12-15H,10-11H2,1-2H3,(H,26,30)(H3,22,24,25,28). The predicted molar refractivity (Wildman–Crippen MR) is 124 cm³/mol. The molecule has 0 radical (unpaired) electrons. The van der Waals surface area contributed by atoms with Crippen molar-refractivity contribution in [1.82, 2.24) is 24.6 Å². The van der Waals surface area contributed by atoms with Crippen molar-refractivity contribution in [3.63, 3.8) is 0 Å². The largest absolute Gasteiger partial charge is 0.468 e. The Morgan fingerprint density at radius 3 is 2.85 bits per heavy atom. The summed E-state index contributed by atoms with van der Waals surface area (Å²) in [7, 11) is -2.69. The summed E-state index contributed by atoms with van der Waals surface area (Å²) in [6.07, 6.45) is 5.97. The number of imidazole rings is 1. The molecule has 0 bridgehead atoms. The van der Waals surface area contributed by atoms with Crippen molar-refractivity contribution >= 4 is 30.8 Å². The number of anilines is 1. The third kappa shape index (κ3) is 5.19. The molecule has 13 heteroatoms. The van der Waals surface area contributed by atoms with E-state index in [9.17, 15) is 14.2 Å². The van der Waals surface area contributed by atoms with E-state index in [-0.39, 0.29) is 30.0 Å². The quantitative estimate of drug-likeness (QED) is 0.231. The van der Waals surface area contributed by atoms with Crippen molar-refractivity contribution in [1.29, 1.82) is 0 Å². The first-order chi connectivity index (χ1) is 16.3. The minimum absolute atomic E-state index is 0.00547. The molecule has 1 aliphatic carbocycles. The molecule has 1 aromatic carbocycles. The number of nitrogens with two attached hydrogens (primary N) is 1. The molecule has 4 unspecified atom stereocenters. The van der Waals surface area contributed by atoms with Gasteiger partial charge in [0.15, 0.2) is 11.2 Å². The minimum atomic E-state index is -3.93. The van der Waals surface area contributed by atoms with Gasteiger partial charge in [-0.05, 0) is 25.5 Å². The molecule has 2 aromatic heterocycles. The number of methoxy groups -OCH3 is 1. The molecule has 4 N–H and O–H groups in total. The first kappa shape index (κ1) is 23.7. The van der Waals surface area contributed by atoms with Crippen LogP contribution in [0.25, 0.3) is 11.2 Å². The number of hydrogen-bond acceptors (Lipinski definition) is 9. The van der Waals surface area contributed by atoms with Gasteiger partial charge in [-0.3, -0.25) is 19.1 Å². The molecule has 12 nitrogen and oxygen atoms in total. The highest BCUT2D eigenvalue weighted by Crippen LogP contribution is 2.46. The Labute approximate surface area is 194 Å². The number of nitrogen functional groups attached to an aromatic ring is 1. The van der Waals surface area contributed by atoms with Gasteiger partial charge in [0, 0.05) is 5.92 Å². The van der Waals surface area contributed by atoms with Gasteiger partial charge in [-0.25, -0.2) is 9.55 Å². The molecule has 0 spiro atoms. The lowest BCUT2D eigenvalue weighted by Crippen LogP contribution is -2.34. The van der Waals surface area contributed by atoms with Crippen LogP contribution in [0.1, 0.15) is 19.4 Å². The zero-order valence-electron chi connectivity index (χ0n) is 18.6. The van der Waals surface area contributed by atoms with E-state index in [1.54, 1.807) is 34.9 Å². The van der Waals surface area contributed by atoms with Gasteiger partial charge in [0.05, 0.1) is 26.1 Å². The summed E-state index contributed by atoms with van der Waals surface area (Å²) in [6.45, 7) is 1.56. The Hall–Kier alpha value is -3.47. The van der Waals surface area contributed by atoms with Crippen molar-refractivity contribution < 1.29 is 23.1 Å². The van der Waals surface area contributed by atoms with Crippen LogP contribution in [0.15, 0.2) is 53.6 Å². The number of H-pyrrole nitrogens is 1. The second-order valence-electron chi connectivity index (χ2n) is 7.79. The highest BCUT2D eigenvalue weighted by molar-refractivity contribution is 7.52. The van der Waals surface area contributed by atoms with Crippen LogP contribution in [-0.2, 0) is 18.6 Å². The normalized spacial score (nSPS) is 20.2. The lowest BCUT2D eigenvalue weighted by Gasteiger charge is -2.23. The Bertz CT molecular complexity index is 1310. The predicted octanol–water partition coefficient (Wildman–Crippen LogP) is 2.17. The van der Waals surface area contributed by atoms with Gasteiger partial charge >= 0.3 is 13.7 Å². The Kier molecular flexibility index (Phi) is 6.82. The molecular weight excluding hydrogens is 463 g/mol. The molecule has 4 atom stereocenters. The molecule has 2 heterocycles. The van der Waals surface area contributed by atoms with Gasteiger partial charge in [-0.2, -0.15) is 10.1 Å². The highest BCUT2D eigenvalue weighted by atomic mass is 31.2. The molecule has 1 aliphatic rings. The SMILES string of the molecule is COC(=O)C(C)NP(=O)(OCC1C=CC(n2cnc3c(=O)[nH]c(N)nc32)C1)Oc1ccccc1. The van der Waals surface area contributed by atoms with Gasteiger partial charge in [0.25, 0.3) is 5.56 Å². The number of nitrogens with zero attached hydrogens (tertiary/aromatic N) is 3. The second-order valence-corrected chi connectivity index (χ2v) is 9.49. The summed E-state index contributed by atoms with van der Waals surface area (Å²) in [5, 5.41) is 2.63. The number of hydrogen-bond donors (Lipinski definition) is 3. The van der Waals surface area contributed by atoms with Crippen LogP contribution in [0.2, 0.25) is 0 Å². The number of fused-ring (bicyclic) bond motifs is 1. The molecule has 0 aliphatic heterocycles. The number of carbonyl (C=O) groups excluding carboxylic acids is 1. The fourth-order valence-electron chi connectivity index (χ4n) is 3.64. The second kappa shape index (κ2) is 9.80. The molecule has 0 saturated heterocycles. The average molecular weight is 488 g/mol. The van der Waals surface area contributed by atoms with E-state index >= 15 is 0 Å². The van der Waals surface area contributed by atoms with Crippen LogP contribution >= 0.6 is 7.75 Å². The number of ether oxygens (including phenoxy) is 1. The highest BCUT2D eigenvalue weighted by Gasteiger charge is 2.34. The molecule has 34 heavy (non-hydrogen) atoms. The fourth-order valence-corrected chi connectivity index (χ4v) is 5.19. The van der Waals surface area contributed by atoms with Crippen molar-refractivity contribution in [3.8, 4) is 5.75 Å². The summed E-state index contributed by atoms with van der Waals surface area (Å²) < 4.78 is 31.3. The van der Waals surface area contributed by atoms with E-state index in [0.29, 0.717) is 17.8 Å². The summed E-state index contributed by atoms with van der Waals surface area (Å²) in [5.41, 5.74) is 5.85. The first-order valence-corrected chi connectivity index (χ1v) is 12.1. The summed E-state index contributed by atoms with van der Waals surface area (Å²) in [6, 6.07) is 7.46. The van der Waals surface area contributed by atoms with Gasteiger partial charge < -0.3 is 19.6 Å². The third-order valence-corrected chi connectivity index (χ3v) is 6.94. The fraction of sp³-hybridized carbons (Fsp3) is 0.333. The molecule has 3 aromatic rings. The molecule has 180 valence electrons. The molecule has 0 fully saturated rings. The van der Waals surface area contributed by atoms with E-state index in [0.717, 1.165) is 0 Å². The molecule has 4 rings (SSSR count). The number of benzene rings is 1. The third-order valence-electron chi connectivity index (χ3n) is 5.29. The number of para-hydroxylation sites is 1. The summed E-state index contributed by atoms with van der Waals surface area (Å²) >= 11 is 0. The number of esters is 1. The molecular formula is C21H25N6O6P. The Morgan fingerprint density at radius 2 is 2.12 bits per heavy atom. The number of aromatic nitrogens is 4. The number of nitrogens with one attached hydrogen (secondary N) is 2. The Balaban J connectivity index is 1.46. The van der Waals surface area contributed by atoms with Crippen LogP contribution in [0.3, 0.4) is 0 Å². The van der Waals surface area contributed by atoms with Gasteiger partial charge in [-0.15, -0.1) is 0 Å². The average Bonchev–Trinajstić information content (AvgIpc) is 3.44. The molecule has 0 saturated carbocycles. The number of carbonyl (C=O) groups is 1. The number of aromatic amines is 1. The lowest BCUT2D eigenvalue weighted by molar-refractivity contribution is -0.142. The maximum absolute atomic E-state index is 13.5. The zero-order chi connectivity index (χ0) is 24.3. The van der Waals surface area contributed by atoms with Crippen molar-refractivity contribution in [2.24, 2.45) is 5.92 Å². The smallest absolute Gasteiger partial charge is 0.459 e. The lowest BCUT2D eigenvalue weighted by atomic mass is 10.1. The maximum atomic E-state index is 13.5. The Morgan fingerprint density at radius 1 is 1.35 bits per heavy atom. The summed E-state index contributed by atoms with van der Waals surface area (Å²) in [4.78, 5) is 34.6. The monoisotopic (exact) mass is 488 g/mol. The van der Waals surface area contributed by atoms with Crippen LogP contribution in [0.5, 0.6) is 5.75 Å². The van der Waals surface area contributed by atoms with Gasteiger partial charge in [0.2, 0.25) is 5.95 Å². The van der Waals surface area contributed by atoms with Crippen molar-refractivity contribution in [2.45, 2.75) is 25.4 Å². The van der Waals surface area contributed by atoms with Crippen molar-refractivity contribution in [2.75, 3.05) is 19.5 Å². The van der Waals surface area contributed by atoms with E-state index in [4.69, 9.17) is 19.5 Å². The van der Waals surface area contributed by atoms with Gasteiger partial charge in [0.1, 0.15) is 11.8 Å². The van der Waals surface area contributed by atoms with Crippen LogP contribution in [-0.4, -0.2) is 45.2 Å². The number of allylic oxidation sites excluding steroid dienone is 1. The number of rotatable bonds is 9. The van der Waals surface area contributed by atoms with E-state index in [2.05, 4.69) is 20.0 Å². The van der Waals surface area contributed by atoms with Crippen LogP contribution in [0.4, 0.5) is 5.95 Å². The van der Waals surface area contributed by atoms with E-state index in [1.807, 2.05) is 12.2 Å². The zero-order valence-corrected chi connectivity index (χ0v) is 19.5. The maximum Gasteiger partial charge on any atom is 0.459 e. The molecule has 0 amide bonds. The first-order valence-electron chi connectivity index (χ1n) is 10.5. The minimum Gasteiger partial charge on any atom is -0.468 e.